The number of hydrogen-bond acceptors (Lipinski definition) is 9. The first-order valence-corrected chi connectivity index (χ1v) is 24.9. The van der Waals surface area contributed by atoms with Crippen LogP contribution in [-0.4, -0.2) is 93.1 Å². The molecule has 9 heteroatoms. The Morgan fingerprint density at radius 3 is 1.36 bits per heavy atom. The Balaban J connectivity index is 4.58. The van der Waals surface area contributed by atoms with Gasteiger partial charge in [-0.1, -0.05) is 164 Å². The first-order valence-electron chi connectivity index (χ1n) is 24.9. The van der Waals surface area contributed by atoms with Crippen LogP contribution >= 0.6 is 0 Å². The van der Waals surface area contributed by atoms with Crippen LogP contribution in [0, 0.1) is 5.92 Å². The van der Waals surface area contributed by atoms with Crippen LogP contribution in [0.5, 0.6) is 0 Å². The lowest BCUT2D eigenvalue weighted by molar-refractivity contribution is -0.145. The quantitative estimate of drug-likeness (QED) is 0.0338. The Bertz CT molecular complexity index is 915. The van der Waals surface area contributed by atoms with Gasteiger partial charge in [0.25, 0.3) is 0 Å². The van der Waals surface area contributed by atoms with E-state index in [2.05, 4.69) is 51.3 Å². The minimum absolute atomic E-state index is 0.0350. The Labute approximate surface area is 359 Å². The molecule has 0 heterocycles. The molecule has 2 atom stereocenters. The second-order valence-corrected chi connectivity index (χ2v) is 16.8. The Morgan fingerprint density at radius 2 is 0.828 bits per heavy atom. The molecule has 0 bridgehead atoms. The second kappa shape index (κ2) is 43.2. The summed E-state index contributed by atoms with van der Waals surface area (Å²) >= 11 is 0. The van der Waals surface area contributed by atoms with E-state index in [1.54, 1.807) is 0 Å². The SMILES string of the molecule is CCCCCCCCCC(=O)OCCN(CCOC(=O)OC(CCCCCC)CCCCCCCCC(=O)OCC(CCCC)CCCCCC)CCN(CC)CC. The summed E-state index contributed by atoms with van der Waals surface area (Å²) in [5.74, 6) is 0.361. The van der Waals surface area contributed by atoms with Gasteiger partial charge < -0.3 is 23.8 Å². The van der Waals surface area contributed by atoms with Crippen molar-refractivity contribution in [2.45, 2.75) is 234 Å². The largest absolute Gasteiger partial charge is 0.508 e. The molecule has 0 saturated heterocycles. The van der Waals surface area contributed by atoms with Gasteiger partial charge in [0.2, 0.25) is 0 Å². The molecule has 0 fully saturated rings. The van der Waals surface area contributed by atoms with Crippen molar-refractivity contribution in [3.63, 3.8) is 0 Å². The maximum atomic E-state index is 12.9. The lowest BCUT2D eigenvalue weighted by atomic mass is 9.96. The van der Waals surface area contributed by atoms with Crippen molar-refractivity contribution in [1.29, 1.82) is 0 Å². The van der Waals surface area contributed by atoms with Crippen molar-refractivity contribution in [3.05, 3.63) is 0 Å². The molecule has 0 aliphatic heterocycles. The zero-order valence-corrected chi connectivity index (χ0v) is 39.3. The Morgan fingerprint density at radius 1 is 0.414 bits per heavy atom. The predicted octanol–water partition coefficient (Wildman–Crippen LogP) is 13.2. The van der Waals surface area contributed by atoms with E-state index in [9.17, 15) is 14.4 Å². The zero-order valence-electron chi connectivity index (χ0n) is 39.3. The summed E-state index contributed by atoms with van der Waals surface area (Å²) in [5, 5.41) is 0. The van der Waals surface area contributed by atoms with Crippen LogP contribution < -0.4 is 0 Å². The summed E-state index contributed by atoms with van der Waals surface area (Å²) in [4.78, 5) is 42.3. The van der Waals surface area contributed by atoms with E-state index in [0.717, 1.165) is 103 Å². The maximum absolute atomic E-state index is 12.9. The van der Waals surface area contributed by atoms with E-state index in [-0.39, 0.29) is 24.6 Å². The van der Waals surface area contributed by atoms with E-state index in [1.165, 1.54) is 96.3 Å². The highest BCUT2D eigenvalue weighted by molar-refractivity contribution is 5.69. The number of hydrogen-bond donors (Lipinski definition) is 0. The van der Waals surface area contributed by atoms with Gasteiger partial charge >= 0.3 is 18.1 Å². The molecule has 0 N–H and O–H groups in total. The number of rotatable bonds is 44. The molecule has 0 saturated carbocycles. The average molecular weight is 825 g/mol. The van der Waals surface area contributed by atoms with Crippen molar-refractivity contribution in [2.24, 2.45) is 5.92 Å². The van der Waals surface area contributed by atoms with Crippen molar-refractivity contribution in [2.75, 3.05) is 59.1 Å². The minimum atomic E-state index is -0.578. The number of unbranched alkanes of at least 4 members (excludes halogenated alkanes) is 18. The van der Waals surface area contributed by atoms with Crippen molar-refractivity contribution in [1.82, 2.24) is 9.80 Å². The number of nitrogens with zero attached hydrogens (tertiary/aromatic N) is 2. The monoisotopic (exact) mass is 825 g/mol. The molecule has 0 amide bonds. The molecule has 0 aliphatic carbocycles. The topological polar surface area (TPSA) is 94.6 Å². The third-order valence-corrected chi connectivity index (χ3v) is 11.6. The number of ether oxygens (including phenoxy) is 4. The molecule has 58 heavy (non-hydrogen) atoms. The molecule has 0 aliphatic rings. The third kappa shape index (κ3) is 37.2. The molecule has 0 spiro atoms. The maximum Gasteiger partial charge on any atom is 0.508 e. The number of esters is 2. The van der Waals surface area contributed by atoms with Crippen LogP contribution in [0.25, 0.3) is 0 Å². The first-order chi connectivity index (χ1) is 28.3. The summed E-state index contributed by atoms with van der Waals surface area (Å²) in [7, 11) is 0. The predicted molar refractivity (Wildman–Crippen MR) is 242 cm³/mol. The van der Waals surface area contributed by atoms with Crippen LogP contribution in [-0.2, 0) is 28.5 Å². The van der Waals surface area contributed by atoms with E-state index in [0.29, 0.717) is 45.1 Å². The van der Waals surface area contributed by atoms with E-state index < -0.39 is 6.16 Å². The summed E-state index contributed by atoms with van der Waals surface area (Å²) < 4.78 is 22.8. The van der Waals surface area contributed by atoms with Crippen LogP contribution in [0.15, 0.2) is 0 Å². The Hall–Kier alpha value is -1.87. The van der Waals surface area contributed by atoms with Gasteiger partial charge in [0.1, 0.15) is 19.3 Å². The molecule has 0 radical (unpaired) electrons. The van der Waals surface area contributed by atoms with Gasteiger partial charge in [0.15, 0.2) is 0 Å². The van der Waals surface area contributed by atoms with Crippen LogP contribution in [0.3, 0.4) is 0 Å². The summed E-state index contributed by atoms with van der Waals surface area (Å²) in [5.41, 5.74) is 0. The first kappa shape index (κ1) is 56.1. The van der Waals surface area contributed by atoms with Gasteiger partial charge in [-0.2, -0.15) is 0 Å². The Kier molecular flexibility index (Phi) is 41.8. The highest BCUT2D eigenvalue weighted by atomic mass is 16.7. The zero-order chi connectivity index (χ0) is 42.7. The van der Waals surface area contributed by atoms with E-state index >= 15 is 0 Å². The summed E-state index contributed by atoms with van der Waals surface area (Å²) in [6.45, 7) is 19.3. The van der Waals surface area contributed by atoms with Gasteiger partial charge in [0.05, 0.1) is 6.61 Å². The summed E-state index contributed by atoms with van der Waals surface area (Å²) in [6.07, 6.45) is 30.9. The standard InChI is InChI=1S/C49H96N2O7/c1-7-13-17-20-21-25-30-36-47(52)55-42-40-51(39-38-50(11-5)12-6)41-43-56-49(54)58-46(34-28-19-15-9-3)35-29-24-22-23-26-31-37-48(53)57-44-45(32-16-10-4)33-27-18-14-8-2/h45-46H,7-44H2,1-6H3. The number of carbonyl (C=O) groups is 3. The van der Waals surface area contributed by atoms with Gasteiger partial charge in [-0.3, -0.25) is 14.5 Å². The molecule has 9 nitrogen and oxygen atoms in total. The number of likely N-dealkylation sites (N-methyl/N-ethyl adjacent to an activating group) is 1. The third-order valence-electron chi connectivity index (χ3n) is 11.6. The van der Waals surface area contributed by atoms with Gasteiger partial charge in [-0.05, 0) is 70.4 Å². The molecule has 0 rings (SSSR count). The molecule has 0 aromatic rings. The average Bonchev–Trinajstić information content (AvgIpc) is 3.22. The van der Waals surface area contributed by atoms with Gasteiger partial charge in [-0.25, -0.2) is 4.79 Å². The van der Waals surface area contributed by atoms with Crippen molar-refractivity contribution in [3.8, 4) is 0 Å². The fourth-order valence-corrected chi connectivity index (χ4v) is 7.53. The molecule has 0 aromatic heterocycles. The molecule has 0 aromatic carbocycles. The van der Waals surface area contributed by atoms with Crippen molar-refractivity contribution < 1.29 is 33.3 Å². The van der Waals surface area contributed by atoms with Crippen LogP contribution in [0.2, 0.25) is 0 Å². The smallest absolute Gasteiger partial charge is 0.465 e. The highest BCUT2D eigenvalue weighted by Gasteiger charge is 2.17. The molecule has 344 valence electrons. The van der Waals surface area contributed by atoms with E-state index in [4.69, 9.17) is 18.9 Å². The fraction of sp³-hybridized carbons (Fsp3) is 0.939. The van der Waals surface area contributed by atoms with Gasteiger partial charge in [-0.15, -0.1) is 0 Å². The molecular weight excluding hydrogens is 729 g/mol. The highest BCUT2D eigenvalue weighted by Crippen LogP contribution is 2.20. The lowest BCUT2D eigenvalue weighted by Gasteiger charge is -2.26. The van der Waals surface area contributed by atoms with Crippen LogP contribution in [0.4, 0.5) is 4.79 Å². The fourth-order valence-electron chi connectivity index (χ4n) is 7.53. The minimum Gasteiger partial charge on any atom is -0.465 e. The van der Waals surface area contributed by atoms with Crippen LogP contribution in [0.1, 0.15) is 228 Å². The van der Waals surface area contributed by atoms with Gasteiger partial charge in [0, 0.05) is 39.0 Å². The number of carbonyl (C=O) groups excluding carboxylic acids is 3. The molecular formula is C49H96N2O7. The summed E-state index contributed by atoms with van der Waals surface area (Å²) in [6, 6.07) is 0. The molecule has 2 unspecified atom stereocenters. The second-order valence-electron chi connectivity index (χ2n) is 16.8. The van der Waals surface area contributed by atoms with Crippen molar-refractivity contribution >= 4 is 18.1 Å². The van der Waals surface area contributed by atoms with E-state index in [1.807, 2.05) is 0 Å². The normalized spacial score (nSPS) is 12.6. The lowest BCUT2D eigenvalue weighted by Crippen LogP contribution is -2.39.